The first-order valence-corrected chi connectivity index (χ1v) is 6.20. The molecule has 1 aliphatic carbocycles. The second kappa shape index (κ2) is 4.73. The number of hydrogen-bond donors (Lipinski definition) is 1. The van der Waals surface area contributed by atoms with E-state index >= 15 is 0 Å². The van der Waals surface area contributed by atoms with Crippen LogP contribution in [0.2, 0.25) is 0 Å². The van der Waals surface area contributed by atoms with Crippen LogP contribution < -0.4 is 5.73 Å². The molecule has 0 radical (unpaired) electrons. The minimum Gasteiger partial charge on any atom is -0.325 e. The molecule has 94 valence electrons. The first-order valence-electron chi connectivity index (χ1n) is 6.20. The Kier molecular flexibility index (Phi) is 3.48. The van der Waals surface area contributed by atoms with Crippen molar-refractivity contribution in [3.8, 4) is 0 Å². The van der Waals surface area contributed by atoms with Crippen molar-refractivity contribution in [2.75, 3.05) is 0 Å². The molecule has 1 fully saturated rings. The third-order valence-electron chi connectivity index (χ3n) is 3.73. The molecule has 0 bridgehead atoms. The van der Waals surface area contributed by atoms with Crippen molar-refractivity contribution < 1.29 is 8.78 Å². The molecule has 1 saturated carbocycles. The predicted octanol–water partition coefficient (Wildman–Crippen LogP) is 3.53. The number of halogens is 2. The average Bonchev–Trinajstić information content (AvgIpc) is 2.33. The van der Waals surface area contributed by atoms with Crippen LogP contribution in [0.3, 0.4) is 0 Å². The van der Waals surface area contributed by atoms with Gasteiger partial charge in [-0.3, -0.25) is 0 Å². The quantitative estimate of drug-likeness (QED) is 0.858. The molecule has 0 amide bonds. The van der Waals surface area contributed by atoms with Crippen LogP contribution in [0, 0.1) is 0 Å². The van der Waals surface area contributed by atoms with Gasteiger partial charge in [0.1, 0.15) is 0 Å². The van der Waals surface area contributed by atoms with Crippen LogP contribution in [0.5, 0.6) is 0 Å². The average molecular weight is 239 g/mol. The van der Waals surface area contributed by atoms with Crippen LogP contribution in [-0.2, 0) is 6.42 Å². The summed E-state index contributed by atoms with van der Waals surface area (Å²) in [4.78, 5) is 0. The molecule has 17 heavy (non-hydrogen) atoms. The molecule has 0 aromatic heterocycles. The van der Waals surface area contributed by atoms with Crippen LogP contribution in [0.1, 0.15) is 37.7 Å². The van der Waals surface area contributed by atoms with Gasteiger partial charge in [-0.15, -0.1) is 0 Å². The number of aryl methyl sites for hydroxylation is 1. The van der Waals surface area contributed by atoms with E-state index in [-0.39, 0.29) is 12.8 Å². The maximum Gasteiger partial charge on any atom is 0.248 e. The summed E-state index contributed by atoms with van der Waals surface area (Å²) in [5.74, 6) is -2.49. The fourth-order valence-corrected chi connectivity index (χ4v) is 2.40. The Bertz CT molecular complexity index is 352. The summed E-state index contributed by atoms with van der Waals surface area (Å²) in [5.41, 5.74) is 7.03. The van der Waals surface area contributed by atoms with E-state index in [0.717, 1.165) is 12.8 Å². The van der Waals surface area contributed by atoms with Gasteiger partial charge in [-0.2, -0.15) is 0 Å². The zero-order valence-electron chi connectivity index (χ0n) is 9.96. The molecule has 1 aliphatic rings. The molecule has 1 aromatic rings. The van der Waals surface area contributed by atoms with E-state index < -0.39 is 11.5 Å². The Morgan fingerprint density at radius 2 is 1.59 bits per heavy atom. The Morgan fingerprint density at radius 1 is 1.00 bits per heavy atom. The van der Waals surface area contributed by atoms with Gasteiger partial charge >= 0.3 is 0 Å². The van der Waals surface area contributed by atoms with Gasteiger partial charge in [-0.05, 0) is 31.2 Å². The highest BCUT2D eigenvalue weighted by Crippen LogP contribution is 2.39. The second-order valence-corrected chi connectivity index (χ2v) is 5.20. The third-order valence-corrected chi connectivity index (χ3v) is 3.73. The number of alkyl halides is 2. The predicted molar refractivity (Wildman–Crippen MR) is 65.1 cm³/mol. The van der Waals surface area contributed by atoms with Gasteiger partial charge in [0, 0.05) is 18.4 Å². The number of nitrogens with two attached hydrogens (primary N) is 1. The smallest absolute Gasteiger partial charge is 0.248 e. The van der Waals surface area contributed by atoms with Crippen molar-refractivity contribution in [3.05, 3.63) is 35.9 Å². The van der Waals surface area contributed by atoms with Crippen molar-refractivity contribution in [2.45, 2.75) is 50.0 Å². The first kappa shape index (κ1) is 12.5. The summed E-state index contributed by atoms with van der Waals surface area (Å²) in [6.07, 6.45) is 2.44. The molecule has 0 saturated heterocycles. The van der Waals surface area contributed by atoms with E-state index in [0.29, 0.717) is 12.8 Å². The molecular weight excluding hydrogens is 220 g/mol. The van der Waals surface area contributed by atoms with Crippen molar-refractivity contribution in [1.82, 2.24) is 0 Å². The molecule has 2 N–H and O–H groups in total. The van der Waals surface area contributed by atoms with Crippen molar-refractivity contribution in [2.24, 2.45) is 5.73 Å². The summed E-state index contributed by atoms with van der Waals surface area (Å²) >= 11 is 0. The summed E-state index contributed by atoms with van der Waals surface area (Å²) in [6, 6.07) is 10.1. The Labute approximate surface area is 101 Å². The molecule has 0 heterocycles. The van der Waals surface area contributed by atoms with Crippen LogP contribution in [0.25, 0.3) is 0 Å². The summed E-state index contributed by atoms with van der Waals surface area (Å²) in [6.45, 7) is 0. The maximum atomic E-state index is 13.1. The summed E-state index contributed by atoms with van der Waals surface area (Å²) in [7, 11) is 0. The Morgan fingerprint density at radius 3 is 2.18 bits per heavy atom. The van der Waals surface area contributed by atoms with Crippen LogP contribution in [0.4, 0.5) is 8.78 Å². The molecule has 2 rings (SSSR count). The van der Waals surface area contributed by atoms with Gasteiger partial charge < -0.3 is 5.73 Å². The Balaban J connectivity index is 1.87. The lowest BCUT2D eigenvalue weighted by Crippen LogP contribution is -2.46. The van der Waals surface area contributed by atoms with Crippen molar-refractivity contribution >= 4 is 0 Å². The molecule has 0 spiro atoms. The van der Waals surface area contributed by atoms with E-state index in [2.05, 4.69) is 12.1 Å². The second-order valence-electron chi connectivity index (χ2n) is 5.20. The third kappa shape index (κ3) is 3.50. The SMILES string of the molecule is NC1(CCc2ccccc2)CCC(F)(F)CC1. The highest BCUT2D eigenvalue weighted by atomic mass is 19.3. The normalized spacial score (nSPS) is 22.3. The minimum atomic E-state index is -2.49. The summed E-state index contributed by atoms with van der Waals surface area (Å²) < 4.78 is 26.1. The minimum absolute atomic E-state index is 0.0573. The Hall–Kier alpha value is -0.960. The van der Waals surface area contributed by atoms with E-state index in [9.17, 15) is 8.78 Å². The lowest BCUT2D eigenvalue weighted by Gasteiger charge is -2.37. The van der Waals surface area contributed by atoms with Gasteiger partial charge in [0.25, 0.3) is 0 Å². The van der Waals surface area contributed by atoms with Gasteiger partial charge in [0.05, 0.1) is 0 Å². The molecule has 1 nitrogen and oxygen atoms in total. The van der Waals surface area contributed by atoms with Crippen molar-refractivity contribution in [3.63, 3.8) is 0 Å². The van der Waals surface area contributed by atoms with Crippen LogP contribution in [0.15, 0.2) is 30.3 Å². The zero-order valence-corrected chi connectivity index (χ0v) is 9.96. The largest absolute Gasteiger partial charge is 0.325 e. The van der Waals surface area contributed by atoms with Gasteiger partial charge in [-0.1, -0.05) is 30.3 Å². The molecular formula is C14H19F2N. The highest BCUT2D eigenvalue weighted by Gasteiger charge is 2.40. The zero-order chi connectivity index (χ0) is 12.4. The lowest BCUT2D eigenvalue weighted by molar-refractivity contribution is -0.0515. The van der Waals surface area contributed by atoms with E-state index in [1.54, 1.807) is 0 Å². The first-order chi connectivity index (χ1) is 7.99. The molecule has 3 heteroatoms. The molecule has 0 atom stereocenters. The maximum absolute atomic E-state index is 13.1. The number of rotatable bonds is 3. The number of benzene rings is 1. The number of hydrogen-bond acceptors (Lipinski definition) is 1. The fraction of sp³-hybridized carbons (Fsp3) is 0.571. The van der Waals surface area contributed by atoms with Crippen LogP contribution >= 0.6 is 0 Å². The highest BCUT2D eigenvalue weighted by molar-refractivity contribution is 5.15. The molecule has 0 aliphatic heterocycles. The van der Waals surface area contributed by atoms with Crippen molar-refractivity contribution in [1.29, 1.82) is 0 Å². The standard InChI is InChI=1S/C14H19F2N/c15-14(16)10-8-13(17,9-11-14)7-6-12-4-2-1-3-5-12/h1-5H,6-11,17H2. The topological polar surface area (TPSA) is 26.0 Å². The van der Waals surface area contributed by atoms with Gasteiger partial charge in [0.15, 0.2) is 0 Å². The summed E-state index contributed by atoms with van der Waals surface area (Å²) in [5, 5.41) is 0. The lowest BCUT2D eigenvalue weighted by atomic mass is 9.77. The van der Waals surface area contributed by atoms with Gasteiger partial charge in [0.2, 0.25) is 5.92 Å². The van der Waals surface area contributed by atoms with E-state index in [1.807, 2.05) is 18.2 Å². The van der Waals surface area contributed by atoms with Crippen LogP contribution in [-0.4, -0.2) is 11.5 Å². The monoisotopic (exact) mass is 239 g/mol. The molecule has 1 aromatic carbocycles. The van der Waals surface area contributed by atoms with E-state index in [1.165, 1.54) is 5.56 Å². The van der Waals surface area contributed by atoms with E-state index in [4.69, 9.17) is 5.73 Å². The van der Waals surface area contributed by atoms with Gasteiger partial charge in [-0.25, -0.2) is 8.78 Å². The fourth-order valence-electron chi connectivity index (χ4n) is 2.40. The molecule has 0 unspecified atom stereocenters.